The van der Waals surface area contributed by atoms with E-state index in [0.717, 1.165) is 24.8 Å². The van der Waals surface area contributed by atoms with Gasteiger partial charge in [0.15, 0.2) is 5.78 Å². The lowest BCUT2D eigenvalue weighted by Crippen LogP contribution is -2.53. The van der Waals surface area contributed by atoms with Crippen LogP contribution in [0, 0.1) is 0 Å². The van der Waals surface area contributed by atoms with Crippen molar-refractivity contribution in [2.24, 2.45) is 0 Å². The average molecular weight is 376 g/mol. The van der Waals surface area contributed by atoms with Crippen LogP contribution < -0.4 is 0 Å². The van der Waals surface area contributed by atoms with Crippen molar-refractivity contribution in [3.63, 3.8) is 0 Å². The number of rotatable bonds is 3. The second-order valence-corrected chi connectivity index (χ2v) is 13.2. The molecule has 0 radical (unpaired) electrons. The Morgan fingerprint density at radius 2 is 1.88 bits per heavy atom. The van der Waals surface area contributed by atoms with Gasteiger partial charge in [-0.15, -0.1) is 0 Å². The highest BCUT2D eigenvalue weighted by Gasteiger charge is 2.54. The van der Waals surface area contributed by atoms with Crippen molar-refractivity contribution in [1.82, 2.24) is 4.57 Å². The number of nitrogens with zero attached hydrogens (tertiary/aromatic N) is 1. The molecule has 0 saturated carbocycles. The predicted molar refractivity (Wildman–Crippen MR) is 105 cm³/mol. The monoisotopic (exact) mass is 375 g/mol. The largest absolute Gasteiger partial charge is 0.385 e. The highest BCUT2D eigenvalue weighted by atomic mass is 28.4. The minimum atomic E-state index is -2.52. The molecule has 3 aliphatic rings. The van der Waals surface area contributed by atoms with Crippen molar-refractivity contribution in [3.8, 4) is 0 Å². The van der Waals surface area contributed by atoms with Gasteiger partial charge in [-0.2, -0.15) is 0 Å². The Morgan fingerprint density at radius 1 is 1.19 bits per heavy atom. The van der Waals surface area contributed by atoms with E-state index >= 15 is 0 Å². The summed E-state index contributed by atoms with van der Waals surface area (Å²) >= 11 is 0. The molecule has 0 bridgehead atoms. The summed E-state index contributed by atoms with van der Waals surface area (Å²) in [7, 11) is -2.52. The van der Waals surface area contributed by atoms with Gasteiger partial charge >= 0.3 is 8.56 Å². The van der Waals surface area contributed by atoms with Gasteiger partial charge in [0.05, 0.1) is 11.8 Å². The molecule has 1 aromatic rings. The molecule has 0 unspecified atom stereocenters. The first-order chi connectivity index (χ1) is 12.3. The molecule has 0 fully saturated rings. The smallest absolute Gasteiger partial charge is 0.344 e. The topological polar surface area (TPSA) is 40.5 Å². The van der Waals surface area contributed by atoms with E-state index in [1.165, 1.54) is 29.8 Å². The van der Waals surface area contributed by atoms with Crippen LogP contribution in [0.2, 0.25) is 11.1 Å². The summed E-state index contributed by atoms with van der Waals surface area (Å²) < 4.78 is 16.1. The van der Waals surface area contributed by atoms with E-state index < -0.39 is 14.7 Å². The third kappa shape index (κ3) is 2.36. The molecular weight excluding hydrogens is 342 g/mol. The summed E-state index contributed by atoms with van der Waals surface area (Å²) in [6, 6.07) is 0.505. The summed E-state index contributed by atoms with van der Waals surface area (Å²) in [5.41, 5.74) is 5.44. The van der Waals surface area contributed by atoms with Crippen molar-refractivity contribution in [2.45, 2.75) is 103 Å². The van der Waals surface area contributed by atoms with Gasteiger partial charge in [0.25, 0.3) is 0 Å². The molecular formula is C21H33NO3Si. The van der Waals surface area contributed by atoms with Crippen LogP contribution in [0.1, 0.15) is 100 Å². The zero-order valence-corrected chi connectivity index (χ0v) is 18.1. The Kier molecular flexibility index (Phi) is 4.48. The minimum Gasteiger partial charge on any atom is -0.385 e. The lowest BCUT2D eigenvalue weighted by atomic mass is 9.92. The predicted octanol–water partition coefficient (Wildman–Crippen LogP) is 5.25. The first-order valence-electron chi connectivity index (χ1n) is 10.5. The molecule has 0 aromatic carbocycles. The van der Waals surface area contributed by atoms with Crippen LogP contribution >= 0.6 is 0 Å². The molecule has 4 rings (SSSR count). The Hall–Kier alpha value is -0.913. The maximum atomic E-state index is 13.5. The van der Waals surface area contributed by atoms with Crippen LogP contribution in [0.4, 0.5) is 0 Å². The summed E-state index contributed by atoms with van der Waals surface area (Å²) in [5, 5.41) is 0. The maximum absolute atomic E-state index is 13.5. The van der Waals surface area contributed by atoms with Crippen molar-refractivity contribution >= 4 is 14.3 Å². The lowest BCUT2D eigenvalue weighted by molar-refractivity contribution is 0.0490. The SMILES string of the molecule is CCc1c2c3n4c1CCC[C@@H]4C[C@@H]3O[Si](C(C)C)(C(C)C)O[C@H](C)C2=O. The first kappa shape index (κ1) is 18.5. The second-order valence-electron chi connectivity index (χ2n) is 8.95. The summed E-state index contributed by atoms with van der Waals surface area (Å²) in [6.45, 7) is 12.9. The molecule has 144 valence electrons. The zero-order chi connectivity index (χ0) is 18.8. The van der Waals surface area contributed by atoms with Gasteiger partial charge in [-0.25, -0.2) is 0 Å². The molecule has 0 aliphatic carbocycles. The van der Waals surface area contributed by atoms with Gasteiger partial charge in [0.1, 0.15) is 6.10 Å². The van der Waals surface area contributed by atoms with Crippen LogP contribution in [-0.4, -0.2) is 25.0 Å². The van der Waals surface area contributed by atoms with E-state index in [1.807, 2.05) is 6.92 Å². The van der Waals surface area contributed by atoms with Crippen molar-refractivity contribution < 1.29 is 13.6 Å². The molecule has 5 heteroatoms. The van der Waals surface area contributed by atoms with Gasteiger partial charge < -0.3 is 13.4 Å². The van der Waals surface area contributed by atoms with E-state index in [1.54, 1.807) is 0 Å². The number of hydrogen-bond acceptors (Lipinski definition) is 3. The Morgan fingerprint density at radius 3 is 2.50 bits per heavy atom. The number of ketones is 1. The van der Waals surface area contributed by atoms with Crippen LogP contribution in [0.3, 0.4) is 0 Å². The third-order valence-corrected chi connectivity index (χ3v) is 11.4. The normalized spacial score (nSPS) is 29.8. The van der Waals surface area contributed by atoms with E-state index in [9.17, 15) is 4.79 Å². The van der Waals surface area contributed by atoms with E-state index in [0.29, 0.717) is 17.1 Å². The van der Waals surface area contributed by atoms with Gasteiger partial charge in [0, 0.05) is 17.3 Å². The highest BCUT2D eigenvalue weighted by molar-refractivity contribution is 6.70. The number of carbonyl (C=O) groups is 1. The van der Waals surface area contributed by atoms with Crippen LogP contribution in [0.15, 0.2) is 0 Å². The molecule has 0 amide bonds. The number of carbonyl (C=O) groups excluding carboxylic acids is 1. The van der Waals surface area contributed by atoms with Gasteiger partial charge in [-0.1, -0.05) is 34.6 Å². The molecule has 1 aromatic heterocycles. The Bertz CT molecular complexity index is 728. The minimum absolute atomic E-state index is 0.0278. The maximum Gasteiger partial charge on any atom is 0.344 e. The third-order valence-electron chi connectivity index (χ3n) is 6.83. The van der Waals surface area contributed by atoms with Crippen LogP contribution in [0.5, 0.6) is 0 Å². The average Bonchev–Trinajstić information content (AvgIpc) is 3.11. The molecule has 4 nitrogen and oxygen atoms in total. The summed E-state index contributed by atoms with van der Waals surface area (Å²) in [4.78, 5) is 13.5. The fraction of sp³-hybridized carbons (Fsp3) is 0.762. The number of aromatic nitrogens is 1. The molecule has 0 spiro atoms. The van der Waals surface area contributed by atoms with Crippen molar-refractivity contribution in [1.29, 1.82) is 0 Å². The van der Waals surface area contributed by atoms with Crippen LogP contribution in [-0.2, 0) is 21.7 Å². The van der Waals surface area contributed by atoms with E-state index in [-0.39, 0.29) is 11.9 Å². The van der Waals surface area contributed by atoms with Crippen LogP contribution in [0.25, 0.3) is 0 Å². The van der Waals surface area contributed by atoms with Gasteiger partial charge in [-0.05, 0) is 55.7 Å². The fourth-order valence-corrected chi connectivity index (χ4v) is 9.47. The molecule has 26 heavy (non-hydrogen) atoms. The van der Waals surface area contributed by atoms with Gasteiger partial charge in [-0.3, -0.25) is 4.79 Å². The molecule has 0 saturated heterocycles. The Balaban J connectivity index is 1.93. The van der Waals surface area contributed by atoms with Crippen molar-refractivity contribution in [3.05, 3.63) is 22.5 Å². The Labute approximate surface area is 158 Å². The first-order valence-corrected chi connectivity index (χ1v) is 12.4. The lowest BCUT2D eigenvalue weighted by Gasteiger charge is -2.42. The quantitative estimate of drug-likeness (QED) is 0.677. The van der Waals surface area contributed by atoms with Gasteiger partial charge in [0.2, 0.25) is 0 Å². The number of Topliss-reactive ketones (excluding diaryl/α,β-unsaturated/α-hetero) is 1. The van der Waals surface area contributed by atoms with E-state index in [4.69, 9.17) is 8.85 Å². The fourth-order valence-electron chi connectivity index (χ4n) is 5.68. The molecule has 4 heterocycles. The molecule has 0 N–H and O–H groups in total. The molecule has 3 aliphatic heterocycles. The summed E-state index contributed by atoms with van der Waals surface area (Å²) in [5.74, 6) is 0.186. The molecule has 3 atom stereocenters. The number of hydrogen-bond donors (Lipinski definition) is 0. The second kappa shape index (κ2) is 6.32. The van der Waals surface area contributed by atoms with Crippen molar-refractivity contribution in [2.75, 3.05) is 0 Å². The summed E-state index contributed by atoms with van der Waals surface area (Å²) in [6.07, 6.45) is 5.07. The highest BCUT2D eigenvalue weighted by Crippen LogP contribution is 2.52. The zero-order valence-electron chi connectivity index (χ0n) is 17.1. The van der Waals surface area contributed by atoms with E-state index in [2.05, 4.69) is 39.2 Å². The standard InChI is InChI=1S/C21H33NO3Si/c1-7-16-17-10-8-9-15-11-18-20(22(15)17)19(16)21(23)14(6)24-26(25-18,12(2)3)13(4)5/h12-15,18H,7-11H2,1-6H3/t14-,15-,18+/m1/s1.